The first-order valence-electron chi connectivity index (χ1n) is 7.37. The van der Waals surface area contributed by atoms with Gasteiger partial charge in [-0.25, -0.2) is 8.78 Å². The maximum Gasteiger partial charge on any atom is 0.256 e. The van der Waals surface area contributed by atoms with Gasteiger partial charge in [-0.15, -0.1) is 0 Å². The van der Waals surface area contributed by atoms with E-state index in [1.165, 1.54) is 36.5 Å². The molecule has 2 aromatic carbocycles. The predicted octanol–water partition coefficient (Wildman–Crippen LogP) is 3.59. The van der Waals surface area contributed by atoms with Crippen molar-refractivity contribution in [2.75, 3.05) is 6.54 Å². The van der Waals surface area contributed by atoms with Crippen LogP contribution < -0.4 is 5.32 Å². The molecule has 0 atom stereocenters. The van der Waals surface area contributed by atoms with Crippen LogP contribution in [0.25, 0.3) is 11.3 Å². The van der Waals surface area contributed by atoms with Crippen molar-refractivity contribution in [2.24, 2.45) is 0 Å². The van der Waals surface area contributed by atoms with Gasteiger partial charge >= 0.3 is 0 Å². The molecule has 1 aromatic heterocycles. The van der Waals surface area contributed by atoms with Crippen LogP contribution in [-0.4, -0.2) is 17.6 Å². The molecule has 6 heteroatoms. The lowest BCUT2D eigenvalue weighted by atomic mass is 10.1. The lowest BCUT2D eigenvalue weighted by Crippen LogP contribution is -2.26. The molecule has 0 radical (unpaired) electrons. The number of nitrogens with one attached hydrogen (secondary N) is 1. The van der Waals surface area contributed by atoms with Crippen molar-refractivity contribution in [3.8, 4) is 11.3 Å². The van der Waals surface area contributed by atoms with Gasteiger partial charge in [-0.05, 0) is 42.3 Å². The molecule has 0 saturated carbocycles. The lowest BCUT2D eigenvalue weighted by Gasteiger charge is -2.06. The van der Waals surface area contributed by atoms with Gasteiger partial charge in [-0.3, -0.25) is 4.79 Å². The van der Waals surface area contributed by atoms with E-state index in [-0.39, 0.29) is 35.4 Å². The van der Waals surface area contributed by atoms with Crippen molar-refractivity contribution in [1.82, 2.24) is 10.5 Å². The number of carbonyl (C=O) groups excluding carboxylic acids is 1. The number of nitrogens with zero attached hydrogens (tertiary/aromatic N) is 1. The highest BCUT2D eigenvalue weighted by Crippen LogP contribution is 2.23. The molecule has 0 spiro atoms. The van der Waals surface area contributed by atoms with Crippen LogP contribution >= 0.6 is 0 Å². The number of rotatable bonds is 5. The monoisotopic (exact) mass is 328 g/mol. The Hall–Kier alpha value is -3.02. The molecule has 0 unspecified atom stereocenters. The molecule has 0 aliphatic heterocycles. The lowest BCUT2D eigenvalue weighted by molar-refractivity contribution is 0.0954. The molecule has 0 fully saturated rings. The van der Waals surface area contributed by atoms with Crippen LogP contribution in [0, 0.1) is 11.6 Å². The summed E-state index contributed by atoms with van der Waals surface area (Å²) in [6.45, 7) is 0.272. The zero-order valence-corrected chi connectivity index (χ0v) is 12.6. The van der Waals surface area contributed by atoms with Crippen LogP contribution in [0.2, 0.25) is 0 Å². The first-order chi connectivity index (χ1) is 11.6. The Labute approximate surface area is 137 Å². The molecule has 122 valence electrons. The molecule has 0 saturated heterocycles. The topological polar surface area (TPSA) is 55.1 Å². The molecule has 4 nitrogen and oxygen atoms in total. The molecule has 0 aliphatic carbocycles. The van der Waals surface area contributed by atoms with Gasteiger partial charge in [0, 0.05) is 12.1 Å². The maximum atomic E-state index is 13.5. The summed E-state index contributed by atoms with van der Waals surface area (Å²) in [4.78, 5) is 12.3. The smallest absolute Gasteiger partial charge is 0.256 e. The molecule has 24 heavy (non-hydrogen) atoms. The molecule has 1 amide bonds. The van der Waals surface area contributed by atoms with E-state index in [0.29, 0.717) is 17.5 Å². The SMILES string of the molecule is O=C(NCCc1ccccc1F)c1cnoc1-c1ccc(F)cc1. The summed E-state index contributed by atoms with van der Waals surface area (Å²) in [5.41, 5.74) is 1.32. The maximum absolute atomic E-state index is 13.5. The first-order valence-corrected chi connectivity index (χ1v) is 7.37. The average molecular weight is 328 g/mol. The highest BCUT2D eigenvalue weighted by atomic mass is 19.1. The van der Waals surface area contributed by atoms with Crippen molar-refractivity contribution >= 4 is 5.91 Å². The van der Waals surface area contributed by atoms with E-state index >= 15 is 0 Å². The Morgan fingerprint density at radius 1 is 1.08 bits per heavy atom. The number of aromatic nitrogens is 1. The van der Waals surface area contributed by atoms with E-state index in [1.807, 2.05) is 0 Å². The molecule has 3 aromatic rings. The van der Waals surface area contributed by atoms with Gasteiger partial charge in [-0.1, -0.05) is 23.4 Å². The summed E-state index contributed by atoms with van der Waals surface area (Å²) >= 11 is 0. The Kier molecular flexibility index (Phi) is 4.65. The Morgan fingerprint density at radius 2 is 1.83 bits per heavy atom. The number of carbonyl (C=O) groups is 1. The highest BCUT2D eigenvalue weighted by molar-refractivity contribution is 5.99. The summed E-state index contributed by atoms with van der Waals surface area (Å²) < 4.78 is 31.6. The van der Waals surface area contributed by atoms with E-state index in [2.05, 4.69) is 10.5 Å². The Bertz CT molecular complexity index is 844. The zero-order valence-electron chi connectivity index (χ0n) is 12.6. The van der Waals surface area contributed by atoms with Gasteiger partial charge in [0.2, 0.25) is 0 Å². The zero-order chi connectivity index (χ0) is 16.9. The van der Waals surface area contributed by atoms with E-state index in [1.54, 1.807) is 18.2 Å². The van der Waals surface area contributed by atoms with Crippen LogP contribution in [0.3, 0.4) is 0 Å². The van der Waals surface area contributed by atoms with Crippen molar-refractivity contribution in [2.45, 2.75) is 6.42 Å². The third-order valence-electron chi connectivity index (χ3n) is 3.56. The fraction of sp³-hybridized carbons (Fsp3) is 0.111. The Balaban J connectivity index is 1.67. The number of hydrogen-bond acceptors (Lipinski definition) is 3. The van der Waals surface area contributed by atoms with Gasteiger partial charge < -0.3 is 9.84 Å². The predicted molar refractivity (Wildman–Crippen MR) is 84.3 cm³/mol. The van der Waals surface area contributed by atoms with Gasteiger partial charge in [0.25, 0.3) is 5.91 Å². The van der Waals surface area contributed by atoms with Gasteiger partial charge in [0.1, 0.15) is 17.2 Å². The summed E-state index contributed by atoms with van der Waals surface area (Å²) in [7, 11) is 0. The minimum atomic E-state index is -0.382. The summed E-state index contributed by atoms with van der Waals surface area (Å²) in [5.74, 6) is -0.803. The number of hydrogen-bond donors (Lipinski definition) is 1. The number of amides is 1. The number of halogens is 2. The van der Waals surface area contributed by atoms with Crippen molar-refractivity contribution in [3.05, 3.63) is 77.5 Å². The fourth-order valence-corrected chi connectivity index (χ4v) is 2.32. The average Bonchev–Trinajstić information content (AvgIpc) is 3.07. The summed E-state index contributed by atoms with van der Waals surface area (Å²) in [6.07, 6.45) is 1.67. The second-order valence-corrected chi connectivity index (χ2v) is 5.17. The van der Waals surface area contributed by atoms with E-state index in [9.17, 15) is 13.6 Å². The van der Waals surface area contributed by atoms with Crippen molar-refractivity contribution in [1.29, 1.82) is 0 Å². The van der Waals surface area contributed by atoms with E-state index in [0.717, 1.165) is 0 Å². The van der Waals surface area contributed by atoms with Gasteiger partial charge in [0.05, 0.1) is 6.20 Å². The van der Waals surface area contributed by atoms with E-state index < -0.39 is 0 Å². The van der Waals surface area contributed by atoms with Crippen LogP contribution in [0.1, 0.15) is 15.9 Å². The normalized spacial score (nSPS) is 10.6. The summed E-state index contributed by atoms with van der Waals surface area (Å²) in [5, 5.41) is 6.34. The van der Waals surface area contributed by atoms with Crippen LogP contribution in [0.15, 0.2) is 59.3 Å². The van der Waals surface area contributed by atoms with Gasteiger partial charge in [-0.2, -0.15) is 0 Å². The minimum Gasteiger partial charge on any atom is -0.355 e. The molecular weight excluding hydrogens is 314 g/mol. The third kappa shape index (κ3) is 3.48. The quantitative estimate of drug-likeness (QED) is 0.779. The molecular formula is C18H14F2N2O2. The molecule has 1 heterocycles. The largest absolute Gasteiger partial charge is 0.355 e. The van der Waals surface area contributed by atoms with Crippen molar-refractivity contribution < 1.29 is 18.1 Å². The third-order valence-corrected chi connectivity index (χ3v) is 3.56. The highest BCUT2D eigenvalue weighted by Gasteiger charge is 2.17. The first kappa shape index (κ1) is 15.9. The molecule has 1 N–H and O–H groups in total. The van der Waals surface area contributed by atoms with Crippen LogP contribution in [0.4, 0.5) is 8.78 Å². The standard InChI is InChI=1S/C18H14F2N2O2/c19-14-7-5-13(6-8-14)17-15(11-22-24-17)18(23)21-10-9-12-3-1-2-4-16(12)20/h1-8,11H,9-10H2,(H,21,23). The minimum absolute atomic E-state index is 0.246. The molecule has 0 bridgehead atoms. The second-order valence-electron chi connectivity index (χ2n) is 5.17. The van der Waals surface area contributed by atoms with Crippen LogP contribution in [0.5, 0.6) is 0 Å². The fourth-order valence-electron chi connectivity index (χ4n) is 2.32. The van der Waals surface area contributed by atoms with Crippen LogP contribution in [-0.2, 0) is 6.42 Å². The van der Waals surface area contributed by atoms with Crippen molar-refractivity contribution in [3.63, 3.8) is 0 Å². The molecule has 3 rings (SSSR count). The summed E-state index contributed by atoms with van der Waals surface area (Å²) in [6, 6.07) is 12.0. The van der Waals surface area contributed by atoms with Gasteiger partial charge in [0.15, 0.2) is 5.76 Å². The van der Waals surface area contributed by atoms with E-state index in [4.69, 9.17) is 4.52 Å². The Morgan fingerprint density at radius 3 is 2.58 bits per heavy atom. The second kappa shape index (κ2) is 7.04. The number of benzene rings is 2. The molecule has 0 aliphatic rings.